The van der Waals surface area contributed by atoms with Crippen LogP contribution >= 0.6 is 0 Å². The topological polar surface area (TPSA) is 44.8 Å². The molecule has 0 saturated carbocycles. The molecule has 3 aromatic rings. The van der Waals surface area contributed by atoms with Crippen molar-refractivity contribution in [2.24, 2.45) is 5.92 Å². The number of hydrogen-bond acceptors (Lipinski definition) is 4. The van der Waals surface area contributed by atoms with E-state index in [2.05, 4.69) is 4.74 Å². The molecule has 1 saturated heterocycles. The Morgan fingerprint density at radius 1 is 0.811 bits per heavy atom. The van der Waals surface area contributed by atoms with E-state index in [1.54, 1.807) is 0 Å². The van der Waals surface area contributed by atoms with Gasteiger partial charge in [-0.05, 0) is 23.8 Å². The van der Waals surface area contributed by atoms with Crippen molar-refractivity contribution in [3.8, 4) is 16.9 Å². The first kappa shape index (κ1) is 28.1. The van der Waals surface area contributed by atoms with Crippen LogP contribution in [0.2, 0.25) is 0 Å². The van der Waals surface area contributed by atoms with Gasteiger partial charge in [0.25, 0.3) is 0 Å². The molecular weight excluding hydrogens is 516 g/mol. The van der Waals surface area contributed by atoms with E-state index in [-0.39, 0.29) is 23.6 Å². The second-order valence-corrected chi connectivity index (χ2v) is 7.98. The summed E-state index contributed by atoms with van der Waals surface area (Å²) in [7, 11) is 0. The number of ether oxygens (including phenoxy) is 3. The van der Waals surface area contributed by atoms with Gasteiger partial charge < -0.3 is 19.0 Å². The van der Waals surface area contributed by atoms with Gasteiger partial charge in [-0.3, -0.25) is 0 Å². The Balaban J connectivity index is 0.00000186. The summed E-state index contributed by atoms with van der Waals surface area (Å²) in [6.45, 7) is 4.68. The molecule has 1 aliphatic rings. The number of hydrogen-bond donors (Lipinski definition) is 0. The second-order valence-electron chi connectivity index (χ2n) is 7.98. The zero-order valence-corrected chi connectivity index (χ0v) is 19.0. The van der Waals surface area contributed by atoms with Crippen LogP contribution in [-0.2, 0) is 20.4 Å². The first-order chi connectivity index (χ1) is 17.5. The summed E-state index contributed by atoms with van der Waals surface area (Å²) in [5, 5.41) is 0. The van der Waals surface area contributed by atoms with Gasteiger partial charge in [-0.25, -0.2) is 26.3 Å². The highest BCUT2D eigenvalue weighted by atomic mass is 19.3. The van der Waals surface area contributed by atoms with Gasteiger partial charge in [0.15, 0.2) is 23.7 Å². The van der Waals surface area contributed by atoms with Crippen LogP contribution in [0.3, 0.4) is 0 Å². The lowest BCUT2D eigenvalue weighted by Gasteiger charge is -2.27. The van der Waals surface area contributed by atoms with Crippen molar-refractivity contribution in [3.05, 3.63) is 88.5 Å². The molecule has 0 unspecified atom stereocenters. The van der Waals surface area contributed by atoms with Crippen molar-refractivity contribution in [2.75, 3.05) is 13.2 Å². The van der Waals surface area contributed by atoms with E-state index in [4.69, 9.17) is 14.3 Å². The average molecular weight is 534 g/mol. The van der Waals surface area contributed by atoms with E-state index >= 15 is 0 Å². The number of carbonyl (C=O) groups is 1. The van der Waals surface area contributed by atoms with E-state index in [9.17, 15) is 35.1 Å². The summed E-state index contributed by atoms with van der Waals surface area (Å²) in [5.74, 6) is -11.2. The minimum Gasteiger partial charge on any atom is -0.429 e. The van der Waals surface area contributed by atoms with Gasteiger partial charge in [-0.15, -0.1) is 0 Å². The molecule has 0 spiro atoms. The highest BCUT2D eigenvalue weighted by Crippen LogP contribution is 2.38. The Labute approximate surface area is 205 Å². The first-order valence-corrected chi connectivity index (χ1v) is 10.5. The third-order valence-electron chi connectivity index (χ3n) is 5.18. The molecule has 1 heterocycles. The van der Waals surface area contributed by atoms with Gasteiger partial charge in [0.1, 0.15) is 35.6 Å². The van der Waals surface area contributed by atoms with Crippen LogP contribution in [0, 0.1) is 40.8 Å². The monoisotopic (exact) mass is 534 g/mol. The van der Waals surface area contributed by atoms with Gasteiger partial charge in [0.2, 0.25) is 0 Å². The maximum Gasteiger partial charge on any atom is 0.432 e. The highest BCUT2D eigenvalue weighted by molar-refractivity contribution is 5.65. The molecule has 4 nitrogen and oxygen atoms in total. The van der Waals surface area contributed by atoms with Gasteiger partial charge >= 0.3 is 6.11 Å². The van der Waals surface area contributed by atoms with Crippen molar-refractivity contribution < 1.29 is 54.1 Å². The van der Waals surface area contributed by atoms with Crippen molar-refractivity contribution in [3.63, 3.8) is 0 Å². The normalized spacial score (nSPS) is 17.6. The summed E-state index contributed by atoms with van der Waals surface area (Å²) >= 11 is 0. The highest BCUT2D eigenvalue weighted by Gasteiger charge is 2.41. The fourth-order valence-electron chi connectivity index (χ4n) is 3.50. The summed E-state index contributed by atoms with van der Waals surface area (Å²) < 4.78 is 127. The molecule has 1 fully saturated rings. The molecule has 0 aromatic heterocycles. The Morgan fingerprint density at radius 3 is 1.86 bits per heavy atom. The van der Waals surface area contributed by atoms with Gasteiger partial charge in [-0.1, -0.05) is 19.1 Å². The van der Waals surface area contributed by atoms with Crippen molar-refractivity contribution >= 4 is 6.79 Å². The first-order valence-electron chi connectivity index (χ1n) is 10.5. The molecule has 12 heteroatoms. The Morgan fingerprint density at radius 2 is 1.35 bits per heavy atom. The number of halogens is 8. The predicted octanol–water partition coefficient (Wildman–Crippen LogP) is 6.81. The smallest absolute Gasteiger partial charge is 0.429 e. The summed E-state index contributed by atoms with van der Waals surface area (Å²) in [4.78, 5) is 8.00. The predicted molar refractivity (Wildman–Crippen MR) is 114 cm³/mol. The number of benzene rings is 3. The van der Waals surface area contributed by atoms with Crippen LogP contribution in [0.1, 0.15) is 24.3 Å². The van der Waals surface area contributed by atoms with Crippen LogP contribution < -0.4 is 4.74 Å². The molecule has 4 rings (SSSR count). The van der Waals surface area contributed by atoms with Crippen molar-refractivity contribution in [1.82, 2.24) is 0 Å². The zero-order chi connectivity index (χ0) is 27.5. The molecule has 1 aliphatic heterocycles. The van der Waals surface area contributed by atoms with Gasteiger partial charge in [0.05, 0.1) is 13.2 Å². The van der Waals surface area contributed by atoms with Crippen LogP contribution in [0.4, 0.5) is 35.1 Å². The Kier molecular flexibility index (Phi) is 8.54. The van der Waals surface area contributed by atoms with Crippen LogP contribution in [0.25, 0.3) is 11.1 Å². The quantitative estimate of drug-likeness (QED) is 0.267. The third-order valence-corrected chi connectivity index (χ3v) is 5.18. The molecule has 0 N–H and O–H groups in total. The molecule has 198 valence electrons. The minimum atomic E-state index is -4.75. The fourth-order valence-corrected chi connectivity index (χ4v) is 3.50. The maximum atomic E-state index is 14.7. The Bertz CT molecular complexity index is 1230. The zero-order valence-electron chi connectivity index (χ0n) is 19.0. The molecule has 0 aliphatic carbocycles. The Hall–Kier alpha value is -3.51. The standard InChI is InChI=1S/C24H16F8O3.CH2O/c1-11-9-33-23(34-10-11)12-2-3-15(16(25)4-12)13-5-17(26)21(18(27)6-13)24(31,32)35-14-7-19(28)22(30)20(29)8-14;1-2/h2-8,11,23H,9-10H2,1H3;1H2. The van der Waals surface area contributed by atoms with Crippen LogP contribution in [0.15, 0.2) is 42.5 Å². The largest absolute Gasteiger partial charge is 0.432 e. The van der Waals surface area contributed by atoms with E-state index in [0.29, 0.717) is 30.9 Å². The third kappa shape index (κ3) is 6.08. The lowest BCUT2D eigenvalue weighted by molar-refractivity contribution is -0.202. The number of rotatable bonds is 5. The molecule has 0 radical (unpaired) electrons. The lowest BCUT2D eigenvalue weighted by Crippen LogP contribution is -2.25. The molecular formula is C25H18F8O4. The summed E-state index contributed by atoms with van der Waals surface area (Å²) in [6.07, 6.45) is -5.58. The SMILES string of the molecule is C=O.CC1COC(c2ccc(-c3cc(F)c(C(F)(F)Oc4cc(F)c(F)c(F)c4)c(F)c3)c(F)c2)OC1. The van der Waals surface area contributed by atoms with E-state index in [1.165, 1.54) is 12.1 Å². The van der Waals surface area contributed by atoms with E-state index in [1.807, 2.05) is 13.7 Å². The molecule has 0 bridgehead atoms. The molecule has 0 atom stereocenters. The maximum absolute atomic E-state index is 14.7. The lowest BCUT2D eigenvalue weighted by atomic mass is 10.00. The fraction of sp³-hybridized carbons (Fsp3) is 0.240. The van der Waals surface area contributed by atoms with Crippen LogP contribution in [-0.4, -0.2) is 20.0 Å². The number of carbonyl (C=O) groups excluding carboxylic acids is 1. The van der Waals surface area contributed by atoms with E-state index < -0.39 is 64.2 Å². The second kappa shape index (κ2) is 11.3. The molecule has 0 amide bonds. The van der Waals surface area contributed by atoms with E-state index in [0.717, 1.165) is 6.07 Å². The number of alkyl halides is 2. The summed E-state index contributed by atoms with van der Waals surface area (Å²) in [6, 6.07) is 4.71. The molecule has 37 heavy (non-hydrogen) atoms. The van der Waals surface area contributed by atoms with Crippen molar-refractivity contribution in [1.29, 1.82) is 0 Å². The van der Waals surface area contributed by atoms with Crippen molar-refractivity contribution in [2.45, 2.75) is 19.3 Å². The van der Waals surface area contributed by atoms with Gasteiger partial charge in [-0.2, -0.15) is 8.78 Å². The summed E-state index contributed by atoms with van der Waals surface area (Å²) in [5.41, 5.74) is -2.27. The van der Waals surface area contributed by atoms with Crippen LogP contribution in [0.5, 0.6) is 5.75 Å². The average Bonchev–Trinajstić information content (AvgIpc) is 2.83. The molecule has 3 aromatic carbocycles. The van der Waals surface area contributed by atoms with Gasteiger partial charge in [0, 0.05) is 29.2 Å². The minimum absolute atomic E-state index is 0.0911.